The molecule has 1 saturated heterocycles. The highest BCUT2D eigenvalue weighted by molar-refractivity contribution is 6.59. The van der Waals surface area contributed by atoms with E-state index in [1.54, 1.807) is 24.3 Å². The number of esters is 1. The van der Waals surface area contributed by atoms with Gasteiger partial charge in [0.15, 0.2) is 0 Å². The van der Waals surface area contributed by atoms with Gasteiger partial charge >= 0.3 is 5.97 Å². The summed E-state index contributed by atoms with van der Waals surface area (Å²) >= 11 is 5.83. The van der Waals surface area contributed by atoms with Crippen LogP contribution < -0.4 is 4.74 Å². The Morgan fingerprint density at radius 2 is 1.90 bits per heavy atom. The van der Waals surface area contributed by atoms with Crippen LogP contribution in [0.15, 0.2) is 24.3 Å². The first kappa shape index (κ1) is 16.6. The topological polar surface area (TPSA) is 26.3 Å². The molecule has 1 aliphatic heterocycles. The smallest absolute Gasteiger partial charge is 0.314 e. The fourth-order valence-electron chi connectivity index (χ4n) is 3.07. The van der Waals surface area contributed by atoms with Gasteiger partial charge in [0.05, 0.1) is 5.92 Å². The summed E-state index contributed by atoms with van der Waals surface area (Å²) in [6.45, 7) is 2.26. The van der Waals surface area contributed by atoms with Crippen LogP contribution in [0.1, 0.15) is 39.0 Å². The van der Waals surface area contributed by atoms with Crippen LogP contribution in [0.5, 0.6) is 5.75 Å². The van der Waals surface area contributed by atoms with E-state index in [-0.39, 0.29) is 11.9 Å². The van der Waals surface area contributed by atoms with Crippen LogP contribution in [0.25, 0.3) is 0 Å². The van der Waals surface area contributed by atoms with Crippen molar-refractivity contribution >= 4 is 26.4 Å². The molecule has 0 aliphatic carbocycles. The number of unbranched alkanes of at least 4 members (excludes halogenated alkanes) is 2. The summed E-state index contributed by atoms with van der Waals surface area (Å²) in [4.78, 5) is 12.2. The van der Waals surface area contributed by atoms with E-state index >= 15 is 0 Å². The highest BCUT2D eigenvalue weighted by Gasteiger charge is 2.28. The Morgan fingerprint density at radius 1 is 1.24 bits per heavy atom. The number of ether oxygens (including phenoxy) is 1. The van der Waals surface area contributed by atoms with Crippen molar-refractivity contribution in [2.45, 2.75) is 57.2 Å². The zero-order valence-electron chi connectivity index (χ0n) is 12.8. The van der Waals surface area contributed by atoms with Gasteiger partial charge in [-0.1, -0.05) is 55.9 Å². The predicted octanol–water partition coefficient (Wildman–Crippen LogP) is 5.07. The number of carbonyl (C=O) groups is 1. The van der Waals surface area contributed by atoms with E-state index in [1.807, 2.05) is 0 Å². The van der Waals surface area contributed by atoms with Crippen LogP contribution >= 0.6 is 11.6 Å². The van der Waals surface area contributed by atoms with Crippen LogP contribution in [0, 0.1) is 5.92 Å². The highest BCUT2D eigenvalue weighted by atomic mass is 35.5. The molecule has 4 heteroatoms. The molecule has 2 rings (SSSR count). The number of hydrogen-bond acceptors (Lipinski definition) is 2. The molecule has 1 heterocycles. The molecule has 0 bridgehead atoms. The minimum atomic E-state index is -0.554. The molecular formula is C17H25ClO2Si. The van der Waals surface area contributed by atoms with Gasteiger partial charge in [-0.15, -0.1) is 0 Å². The molecule has 1 fully saturated rings. The Kier molecular flexibility index (Phi) is 6.78. The van der Waals surface area contributed by atoms with E-state index in [0.717, 1.165) is 12.8 Å². The van der Waals surface area contributed by atoms with Crippen LogP contribution in [-0.4, -0.2) is 14.8 Å². The molecule has 0 spiro atoms. The van der Waals surface area contributed by atoms with Crippen molar-refractivity contribution in [1.29, 1.82) is 0 Å². The molecule has 2 nitrogen and oxygen atoms in total. The summed E-state index contributed by atoms with van der Waals surface area (Å²) in [6, 6.07) is 11.1. The molecule has 21 heavy (non-hydrogen) atoms. The minimum Gasteiger partial charge on any atom is -0.426 e. The quantitative estimate of drug-likeness (QED) is 0.316. The monoisotopic (exact) mass is 324 g/mol. The lowest BCUT2D eigenvalue weighted by Gasteiger charge is -2.26. The SMILES string of the molecule is CCCCC[Si@H]1CC[C@H](C(=O)Oc2ccc(Cl)cc2)CC1. The Hall–Kier alpha value is -0.803. The second-order valence-corrected chi connectivity index (χ2v) is 9.99. The predicted molar refractivity (Wildman–Crippen MR) is 90.9 cm³/mol. The average Bonchev–Trinajstić information content (AvgIpc) is 2.50. The zero-order valence-corrected chi connectivity index (χ0v) is 14.7. The molecule has 0 aromatic heterocycles. The first-order chi connectivity index (χ1) is 10.2. The number of rotatable bonds is 6. The van der Waals surface area contributed by atoms with Gasteiger partial charge in [-0.3, -0.25) is 4.79 Å². The summed E-state index contributed by atoms with van der Waals surface area (Å²) in [7, 11) is -0.554. The number of benzene rings is 1. The summed E-state index contributed by atoms with van der Waals surface area (Å²) in [5.74, 6) is 0.653. The van der Waals surface area contributed by atoms with Gasteiger partial charge in [0.1, 0.15) is 5.75 Å². The van der Waals surface area contributed by atoms with E-state index in [2.05, 4.69) is 6.92 Å². The Morgan fingerprint density at radius 3 is 2.52 bits per heavy atom. The first-order valence-corrected chi connectivity index (χ1v) is 11.0. The molecule has 0 amide bonds. The number of carbonyl (C=O) groups excluding carboxylic acids is 1. The lowest BCUT2D eigenvalue weighted by Crippen LogP contribution is -2.28. The highest BCUT2D eigenvalue weighted by Crippen LogP contribution is 2.29. The Bertz CT molecular complexity index is 439. The number of halogens is 1. The van der Waals surface area contributed by atoms with E-state index in [1.165, 1.54) is 37.4 Å². The van der Waals surface area contributed by atoms with Gasteiger partial charge in [0.25, 0.3) is 0 Å². The third kappa shape index (κ3) is 5.48. The normalized spacial score (nSPS) is 22.0. The first-order valence-electron chi connectivity index (χ1n) is 8.16. The second kappa shape index (κ2) is 8.59. The van der Waals surface area contributed by atoms with Gasteiger partial charge in [-0.2, -0.15) is 0 Å². The average molecular weight is 325 g/mol. The molecule has 1 aromatic carbocycles. The fourth-order valence-corrected chi connectivity index (χ4v) is 6.68. The summed E-state index contributed by atoms with van der Waals surface area (Å²) < 4.78 is 5.46. The molecular weight excluding hydrogens is 300 g/mol. The zero-order chi connectivity index (χ0) is 15.1. The van der Waals surface area contributed by atoms with E-state index in [9.17, 15) is 4.79 Å². The largest absolute Gasteiger partial charge is 0.426 e. The van der Waals surface area contributed by atoms with Crippen molar-refractivity contribution in [3.63, 3.8) is 0 Å². The van der Waals surface area contributed by atoms with Gasteiger partial charge in [0, 0.05) is 13.8 Å². The van der Waals surface area contributed by atoms with E-state index in [4.69, 9.17) is 16.3 Å². The molecule has 0 N–H and O–H groups in total. The minimum absolute atomic E-state index is 0.0571. The summed E-state index contributed by atoms with van der Waals surface area (Å²) in [5.41, 5.74) is 0. The number of hydrogen-bond donors (Lipinski definition) is 0. The van der Waals surface area contributed by atoms with Crippen LogP contribution in [0.4, 0.5) is 0 Å². The van der Waals surface area contributed by atoms with Crippen molar-refractivity contribution in [1.82, 2.24) is 0 Å². The molecule has 0 atom stereocenters. The van der Waals surface area contributed by atoms with Gasteiger partial charge < -0.3 is 4.74 Å². The van der Waals surface area contributed by atoms with Crippen LogP contribution in [-0.2, 0) is 4.79 Å². The third-order valence-corrected chi connectivity index (χ3v) is 8.20. The fraction of sp³-hybridized carbons (Fsp3) is 0.588. The standard InChI is InChI=1S/C17H25ClO2Si/c1-2-3-4-11-21-12-9-14(10-13-21)17(19)20-16-7-5-15(18)6-8-16/h5-8,14,21H,2-4,9-13H2,1H3/t14-,21-. The van der Waals surface area contributed by atoms with Gasteiger partial charge in [0.2, 0.25) is 0 Å². The molecule has 1 aromatic rings. The summed E-state index contributed by atoms with van der Waals surface area (Å²) in [5, 5.41) is 0.661. The Balaban J connectivity index is 1.74. The van der Waals surface area contributed by atoms with E-state index < -0.39 is 8.80 Å². The molecule has 1 aliphatic rings. The van der Waals surface area contributed by atoms with Crippen LogP contribution in [0.3, 0.4) is 0 Å². The Labute approximate surface area is 134 Å². The molecule has 0 saturated carbocycles. The van der Waals surface area contributed by atoms with Gasteiger partial charge in [-0.25, -0.2) is 0 Å². The van der Waals surface area contributed by atoms with Crippen molar-refractivity contribution in [2.24, 2.45) is 5.92 Å². The third-order valence-electron chi connectivity index (χ3n) is 4.43. The van der Waals surface area contributed by atoms with Crippen LogP contribution in [0.2, 0.25) is 23.2 Å². The maximum absolute atomic E-state index is 12.2. The van der Waals surface area contributed by atoms with Crippen molar-refractivity contribution in [2.75, 3.05) is 0 Å². The van der Waals surface area contributed by atoms with Gasteiger partial charge in [-0.05, 0) is 37.1 Å². The molecule has 0 radical (unpaired) electrons. The lowest BCUT2D eigenvalue weighted by atomic mass is 10.0. The van der Waals surface area contributed by atoms with Crippen molar-refractivity contribution in [3.05, 3.63) is 29.3 Å². The maximum atomic E-state index is 12.2. The van der Waals surface area contributed by atoms with Crippen molar-refractivity contribution in [3.8, 4) is 5.75 Å². The van der Waals surface area contributed by atoms with Crippen molar-refractivity contribution < 1.29 is 9.53 Å². The maximum Gasteiger partial charge on any atom is 0.314 e. The summed E-state index contributed by atoms with van der Waals surface area (Å²) in [6.07, 6.45) is 6.14. The molecule has 116 valence electrons. The second-order valence-electron chi connectivity index (χ2n) is 6.09. The lowest BCUT2D eigenvalue weighted by molar-refractivity contribution is -0.139. The van der Waals surface area contributed by atoms with E-state index in [0.29, 0.717) is 10.8 Å². The molecule has 0 unspecified atom stereocenters.